The second-order valence-corrected chi connectivity index (χ2v) is 4.56. The molecule has 2 aromatic heterocycles. The Balaban J connectivity index is 2.16. The molecule has 0 amide bonds. The van der Waals surface area contributed by atoms with Crippen LogP contribution in [0.15, 0.2) is 43.0 Å². The van der Waals surface area contributed by atoms with Crippen LogP contribution < -0.4 is 15.2 Å². The fraction of sp³-hybridized carbons (Fsp3) is 0.200. The zero-order valence-electron chi connectivity index (χ0n) is 11.9. The summed E-state index contributed by atoms with van der Waals surface area (Å²) in [4.78, 5) is 4.13. The summed E-state index contributed by atoms with van der Waals surface area (Å²) in [6.07, 6.45) is 6.95. The Morgan fingerprint density at radius 3 is 2.52 bits per heavy atom. The Bertz CT molecular complexity index is 747. The molecule has 1 aromatic carbocycles. The lowest BCUT2D eigenvalue weighted by atomic mass is 9.99. The molecule has 1 unspecified atom stereocenters. The summed E-state index contributed by atoms with van der Waals surface area (Å²) in [5.74, 6) is 1.37. The van der Waals surface area contributed by atoms with E-state index in [1.165, 1.54) is 0 Å². The SMILES string of the molecule is COc1cccc(OC)c1C(N)c1cnn2ccncc12. The van der Waals surface area contributed by atoms with E-state index in [9.17, 15) is 0 Å². The average molecular weight is 284 g/mol. The number of aromatic nitrogens is 3. The number of nitrogens with zero attached hydrogens (tertiary/aromatic N) is 3. The van der Waals surface area contributed by atoms with Gasteiger partial charge in [0.1, 0.15) is 11.5 Å². The number of methoxy groups -OCH3 is 2. The second-order valence-electron chi connectivity index (χ2n) is 4.56. The van der Waals surface area contributed by atoms with Crippen LogP contribution in [-0.2, 0) is 0 Å². The van der Waals surface area contributed by atoms with Gasteiger partial charge in [-0.15, -0.1) is 0 Å². The lowest BCUT2D eigenvalue weighted by Crippen LogP contribution is -2.14. The maximum Gasteiger partial charge on any atom is 0.127 e. The molecule has 6 heteroatoms. The fourth-order valence-electron chi connectivity index (χ4n) is 2.43. The standard InChI is InChI=1S/C15H16N4O2/c1-20-12-4-3-5-13(21-2)14(12)15(16)10-8-18-19-7-6-17-9-11(10)19/h3-9,15H,16H2,1-2H3. The highest BCUT2D eigenvalue weighted by Crippen LogP contribution is 2.36. The van der Waals surface area contributed by atoms with Crippen molar-refractivity contribution in [3.05, 3.63) is 54.1 Å². The molecule has 0 fully saturated rings. The Kier molecular flexibility index (Phi) is 3.45. The summed E-state index contributed by atoms with van der Waals surface area (Å²) in [5, 5.41) is 4.29. The van der Waals surface area contributed by atoms with Gasteiger partial charge in [-0.05, 0) is 12.1 Å². The molecule has 0 saturated carbocycles. The van der Waals surface area contributed by atoms with E-state index in [4.69, 9.17) is 15.2 Å². The van der Waals surface area contributed by atoms with Gasteiger partial charge >= 0.3 is 0 Å². The second kappa shape index (κ2) is 5.41. The molecular weight excluding hydrogens is 268 g/mol. The smallest absolute Gasteiger partial charge is 0.127 e. The van der Waals surface area contributed by atoms with Crippen molar-refractivity contribution in [2.24, 2.45) is 5.73 Å². The molecule has 21 heavy (non-hydrogen) atoms. The van der Waals surface area contributed by atoms with E-state index >= 15 is 0 Å². The van der Waals surface area contributed by atoms with Crippen molar-refractivity contribution in [2.75, 3.05) is 14.2 Å². The van der Waals surface area contributed by atoms with Crippen LogP contribution in [0.5, 0.6) is 11.5 Å². The van der Waals surface area contributed by atoms with Crippen molar-refractivity contribution < 1.29 is 9.47 Å². The zero-order valence-corrected chi connectivity index (χ0v) is 11.9. The van der Waals surface area contributed by atoms with Crippen LogP contribution in [0.4, 0.5) is 0 Å². The third-order valence-electron chi connectivity index (χ3n) is 3.47. The quantitative estimate of drug-likeness (QED) is 0.790. The third-order valence-corrected chi connectivity index (χ3v) is 3.47. The van der Waals surface area contributed by atoms with Crippen molar-refractivity contribution in [2.45, 2.75) is 6.04 Å². The highest BCUT2D eigenvalue weighted by atomic mass is 16.5. The summed E-state index contributed by atoms with van der Waals surface area (Å²) in [7, 11) is 3.23. The molecule has 6 nitrogen and oxygen atoms in total. The Hall–Kier alpha value is -2.60. The number of rotatable bonds is 4. The molecule has 0 aliphatic heterocycles. The van der Waals surface area contributed by atoms with Gasteiger partial charge in [0.25, 0.3) is 0 Å². The predicted octanol–water partition coefficient (Wildman–Crippen LogP) is 1.79. The van der Waals surface area contributed by atoms with E-state index in [1.54, 1.807) is 43.5 Å². The van der Waals surface area contributed by atoms with Crippen LogP contribution in [0.3, 0.4) is 0 Å². The first kappa shape index (κ1) is 13.4. The van der Waals surface area contributed by atoms with Crippen LogP contribution in [-0.4, -0.2) is 28.8 Å². The first-order valence-corrected chi connectivity index (χ1v) is 6.50. The minimum Gasteiger partial charge on any atom is -0.496 e. The van der Waals surface area contributed by atoms with Crippen LogP contribution in [0, 0.1) is 0 Å². The topological polar surface area (TPSA) is 74.7 Å². The molecule has 2 heterocycles. The lowest BCUT2D eigenvalue weighted by molar-refractivity contribution is 0.382. The number of benzene rings is 1. The van der Waals surface area contributed by atoms with Gasteiger partial charge in [-0.2, -0.15) is 5.10 Å². The molecule has 3 aromatic rings. The number of nitrogens with two attached hydrogens (primary N) is 1. The summed E-state index contributed by atoms with van der Waals surface area (Å²) in [6.45, 7) is 0. The van der Waals surface area contributed by atoms with Gasteiger partial charge in [0.15, 0.2) is 0 Å². The van der Waals surface area contributed by atoms with E-state index < -0.39 is 6.04 Å². The summed E-state index contributed by atoms with van der Waals surface area (Å²) >= 11 is 0. The maximum atomic E-state index is 6.44. The van der Waals surface area contributed by atoms with Crippen LogP contribution in [0.2, 0.25) is 0 Å². The van der Waals surface area contributed by atoms with Gasteiger partial charge in [0, 0.05) is 18.0 Å². The molecule has 0 aliphatic rings. The molecule has 3 rings (SSSR count). The number of hydrogen-bond acceptors (Lipinski definition) is 5. The summed E-state index contributed by atoms with van der Waals surface area (Å²) < 4.78 is 12.6. The van der Waals surface area contributed by atoms with Crippen molar-refractivity contribution in [1.82, 2.24) is 14.6 Å². The molecule has 2 N–H and O–H groups in total. The molecule has 0 saturated heterocycles. The van der Waals surface area contributed by atoms with Crippen molar-refractivity contribution >= 4 is 5.52 Å². The van der Waals surface area contributed by atoms with Gasteiger partial charge in [-0.1, -0.05) is 6.07 Å². The first-order chi connectivity index (χ1) is 10.3. The van der Waals surface area contributed by atoms with Gasteiger partial charge in [-0.25, -0.2) is 4.52 Å². The Morgan fingerprint density at radius 1 is 1.14 bits per heavy atom. The zero-order chi connectivity index (χ0) is 14.8. The molecule has 1 atom stereocenters. The number of ether oxygens (including phenoxy) is 2. The normalized spacial score (nSPS) is 12.3. The fourth-order valence-corrected chi connectivity index (χ4v) is 2.43. The lowest BCUT2D eigenvalue weighted by Gasteiger charge is -2.18. The number of hydrogen-bond donors (Lipinski definition) is 1. The monoisotopic (exact) mass is 284 g/mol. The first-order valence-electron chi connectivity index (χ1n) is 6.50. The molecule has 0 bridgehead atoms. The van der Waals surface area contributed by atoms with E-state index in [-0.39, 0.29) is 0 Å². The predicted molar refractivity (Wildman–Crippen MR) is 78.6 cm³/mol. The van der Waals surface area contributed by atoms with Gasteiger partial charge in [-0.3, -0.25) is 4.98 Å². The molecule has 0 aliphatic carbocycles. The Labute approximate surface area is 122 Å². The highest BCUT2D eigenvalue weighted by molar-refractivity contribution is 5.59. The highest BCUT2D eigenvalue weighted by Gasteiger charge is 2.22. The summed E-state index contributed by atoms with van der Waals surface area (Å²) in [5.41, 5.74) is 8.96. The molecule has 108 valence electrons. The number of fused-ring (bicyclic) bond motifs is 1. The van der Waals surface area contributed by atoms with E-state index in [0.717, 1.165) is 16.6 Å². The van der Waals surface area contributed by atoms with Crippen LogP contribution in [0.1, 0.15) is 17.2 Å². The Morgan fingerprint density at radius 2 is 1.86 bits per heavy atom. The third kappa shape index (κ3) is 2.19. The minimum absolute atomic E-state index is 0.419. The minimum atomic E-state index is -0.419. The van der Waals surface area contributed by atoms with E-state index in [2.05, 4.69) is 10.1 Å². The van der Waals surface area contributed by atoms with Crippen LogP contribution >= 0.6 is 0 Å². The van der Waals surface area contributed by atoms with Crippen molar-refractivity contribution in [3.8, 4) is 11.5 Å². The molecule has 0 radical (unpaired) electrons. The van der Waals surface area contributed by atoms with Crippen LogP contribution in [0.25, 0.3) is 5.52 Å². The van der Waals surface area contributed by atoms with Gasteiger partial charge in [0.2, 0.25) is 0 Å². The summed E-state index contributed by atoms with van der Waals surface area (Å²) in [6, 6.07) is 5.17. The van der Waals surface area contributed by atoms with Gasteiger partial charge in [0.05, 0.1) is 43.7 Å². The van der Waals surface area contributed by atoms with Crippen molar-refractivity contribution in [3.63, 3.8) is 0 Å². The largest absolute Gasteiger partial charge is 0.496 e. The average Bonchev–Trinajstić information content (AvgIpc) is 2.97. The van der Waals surface area contributed by atoms with Gasteiger partial charge < -0.3 is 15.2 Å². The molecule has 0 spiro atoms. The van der Waals surface area contributed by atoms with E-state index in [1.807, 2.05) is 18.2 Å². The molecular formula is C15H16N4O2. The van der Waals surface area contributed by atoms with Crippen molar-refractivity contribution in [1.29, 1.82) is 0 Å². The van der Waals surface area contributed by atoms with E-state index in [0.29, 0.717) is 11.5 Å². The maximum absolute atomic E-state index is 6.44.